The van der Waals surface area contributed by atoms with Gasteiger partial charge in [0.15, 0.2) is 0 Å². The largest absolute Gasteiger partial charge is 0.369 e. The summed E-state index contributed by atoms with van der Waals surface area (Å²) in [6.07, 6.45) is 0.730. The summed E-state index contributed by atoms with van der Waals surface area (Å²) in [5.74, 6) is 5.88. The first-order valence-corrected chi connectivity index (χ1v) is 6.74. The lowest BCUT2D eigenvalue weighted by Crippen LogP contribution is -2.12. The fraction of sp³-hybridized carbons (Fsp3) is 0.273. The maximum Gasteiger partial charge on any atom is 0.276 e. The van der Waals surface area contributed by atoms with Crippen LogP contribution in [0.25, 0.3) is 0 Å². The number of nitrogens with zero attached hydrogens (tertiary/aromatic N) is 3. The van der Waals surface area contributed by atoms with Gasteiger partial charge in [0.25, 0.3) is 5.69 Å². The number of nitro groups is 1. The van der Waals surface area contributed by atoms with Crippen LogP contribution in [0.5, 0.6) is 0 Å². The van der Waals surface area contributed by atoms with Crippen LogP contribution in [-0.4, -0.2) is 21.4 Å². The lowest BCUT2D eigenvalue weighted by Gasteiger charge is -2.06. The summed E-state index contributed by atoms with van der Waals surface area (Å²) >= 11 is 1.59. The van der Waals surface area contributed by atoms with E-state index in [0.29, 0.717) is 12.4 Å². The topological polar surface area (TPSA) is 119 Å². The zero-order valence-corrected chi connectivity index (χ0v) is 11.6. The van der Waals surface area contributed by atoms with Crippen LogP contribution in [0, 0.1) is 17.0 Å². The number of thiazole rings is 1. The molecule has 0 aliphatic heterocycles. The van der Waals surface area contributed by atoms with Gasteiger partial charge in [0.1, 0.15) is 11.6 Å². The molecule has 0 fully saturated rings. The van der Waals surface area contributed by atoms with Crippen molar-refractivity contribution in [2.24, 2.45) is 5.84 Å². The number of hydrazine groups is 1. The standard InChI is InChI=1S/C11H14N6O2S/c1-7-6-20-11(14-7)2-3-13-9-4-8(17(18)19)5-10(15-9)16-12/h4-6H,2-3,12H2,1H3,(H2,13,15,16). The Kier molecular flexibility index (Phi) is 4.43. The van der Waals surface area contributed by atoms with E-state index in [1.165, 1.54) is 12.1 Å². The van der Waals surface area contributed by atoms with E-state index in [0.717, 1.165) is 17.1 Å². The Morgan fingerprint density at radius 3 is 2.75 bits per heavy atom. The number of hydrogen-bond donors (Lipinski definition) is 3. The third-order valence-electron chi connectivity index (χ3n) is 2.48. The average molecular weight is 294 g/mol. The summed E-state index contributed by atoms with van der Waals surface area (Å²) in [5.41, 5.74) is 3.23. The minimum atomic E-state index is -0.488. The third-order valence-corrected chi connectivity index (χ3v) is 3.51. The molecule has 0 unspecified atom stereocenters. The zero-order valence-electron chi connectivity index (χ0n) is 10.8. The van der Waals surface area contributed by atoms with E-state index >= 15 is 0 Å². The fourth-order valence-corrected chi connectivity index (χ4v) is 2.38. The van der Waals surface area contributed by atoms with Gasteiger partial charge in [0.05, 0.1) is 22.1 Å². The summed E-state index contributed by atoms with van der Waals surface area (Å²) in [7, 11) is 0. The highest BCUT2D eigenvalue weighted by Crippen LogP contribution is 2.20. The molecule has 106 valence electrons. The van der Waals surface area contributed by atoms with Crippen molar-refractivity contribution < 1.29 is 4.92 Å². The summed E-state index contributed by atoms with van der Waals surface area (Å²) < 4.78 is 0. The molecule has 0 radical (unpaired) electrons. The number of nitrogen functional groups attached to an aromatic ring is 1. The molecular formula is C11H14N6O2S. The summed E-state index contributed by atoms with van der Waals surface area (Å²) in [5, 5.41) is 16.8. The van der Waals surface area contributed by atoms with Gasteiger partial charge < -0.3 is 10.7 Å². The second-order valence-electron chi connectivity index (χ2n) is 4.06. The molecule has 4 N–H and O–H groups in total. The lowest BCUT2D eigenvalue weighted by atomic mass is 10.3. The highest BCUT2D eigenvalue weighted by atomic mass is 32.1. The van der Waals surface area contributed by atoms with Gasteiger partial charge in [-0.15, -0.1) is 11.3 Å². The maximum atomic E-state index is 10.8. The number of rotatable bonds is 6. The van der Waals surface area contributed by atoms with Crippen molar-refractivity contribution >= 4 is 28.7 Å². The van der Waals surface area contributed by atoms with Crippen molar-refractivity contribution in [3.05, 3.63) is 38.3 Å². The van der Waals surface area contributed by atoms with Gasteiger partial charge in [-0.25, -0.2) is 15.8 Å². The van der Waals surface area contributed by atoms with Gasteiger partial charge in [0.2, 0.25) is 0 Å². The van der Waals surface area contributed by atoms with Crippen LogP contribution < -0.4 is 16.6 Å². The number of nitrogens with two attached hydrogens (primary N) is 1. The third kappa shape index (κ3) is 3.62. The molecular weight excluding hydrogens is 280 g/mol. The predicted molar refractivity (Wildman–Crippen MR) is 77.7 cm³/mol. The normalized spacial score (nSPS) is 10.3. The first kappa shape index (κ1) is 14.2. The van der Waals surface area contributed by atoms with Crippen LogP contribution in [0.15, 0.2) is 17.5 Å². The van der Waals surface area contributed by atoms with E-state index < -0.39 is 4.92 Å². The second-order valence-corrected chi connectivity index (χ2v) is 5.00. The minimum Gasteiger partial charge on any atom is -0.369 e. The van der Waals surface area contributed by atoms with Crippen LogP contribution in [-0.2, 0) is 6.42 Å². The maximum absolute atomic E-state index is 10.8. The Morgan fingerprint density at radius 1 is 1.40 bits per heavy atom. The quantitative estimate of drug-likeness (QED) is 0.421. The highest BCUT2D eigenvalue weighted by molar-refractivity contribution is 7.09. The summed E-state index contributed by atoms with van der Waals surface area (Å²) in [6.45, 7) is 2.53. The Balaban J connectivity index is 2.01. The monoisotopic (exact) mass is 294 g/mol. The Labute approximate surface area is 119 Å². The van der Waals surface area contributed by atoms with Crippen molar-refractivity contribution in [3.63, 3.8) is 0 Å². The van der Waals surface area contributed by atoms with Crippen molar-refractivity contribution in [1.82, 2.24) is 9.97 Å². The SMILES string of the molecule is Cc1csc(CCNc2cc([N+](=O)[O-])cc(NN)n2)n1. The molecule has 0 saturated carbocycles. The van der Waals surface area contributed by atoms with E-state index in [9.17, 15) is 10.1 Å². The Bertz CT molecular complexity index is 615. The average Bonchev–Trinajstić information content (AvgIpc) is 2.84. The zero-order chi connectivity index (χ0) is 14.5. The lowest BCUT2D eigenvalue weighted by molar-refractivity contribution is -0.384. The number of aromatic nitrogens is 2. The molecule has 0 atom stereocenters. The van der Waals surface area contributed by atoms with Crippen LogP contribution in [0.3, 0.4) is 0 Å². The molecule has 2 rings (SSSR count). The molecule has 0 aliphatic rings. The summed E-state index contributed by atoms with van der Waals surface area (Å²) in [6, 6.07) is 2.64. The number of nitrogens with one attached hydrogen (secondary N) is 2. The number of aryl methyl sites for hydroxylation is 1. The first-order valence-electron chi connectivity index (χ1n) is 5.86. The van der Waals surface area contributed by atoms with Crippen LogP contribution >= 0.6 is 11.3 Å². The van der Waals surface area contributed by atoms with E-state index in [-0.39, 0.29) is 11.5 Å². The minimum absolute atomic E-state index is 0.0689. The molecule has 2 heterocycles. The molecule has 0 bridgehead atoms. The van der Waals surface area contributed by atoms with Crippen molar-refractivity contribution in [1.29, 1.82) is 0 Å². The fourth-order valence-electron chi connectivity index (χ4n) is 1.60. The van der Waals surface area contributed by atoms with E-state index in [4.69, 9.17) is 5.84 Å². The molecule has 0 amide bonds. The molecule has 2 aromatic rings. The molecule has 9 heteroatoms. The van der Waals surface area contributed by atoms with Gasteiger partial charge in [0, 0.05) is 24.0 Å². The highest BCUT2D eigenvalue weighted by Gasteiger charge is 2.10. The number of pyridine rings is 1. The molecule has 0 aliphatic carbocycles. The molecule has 0 spiro atoms. The van der Waals surface area contributed by atoms with Gasteiger partial charge in [-0.05, 0) is 6.92 Å². The first-order chi connectivity index (χ1) is 9.58. The van der Waals surface area contributed by atoms with Gasteiger partial charge in [-0.2, -0.15) is 0 Å². The van der Waals surface area contributed by atoms with E-state index in [1.54, 1.807) is 11.3 Å². The molecule has 0 aromatic carbocycles. The predicted octanol–water partition coefficient (Wildman–Crippen LogP) is 1.69. The number of anilines is 2. The molecule has 0 saturated heterocycles. The van der Waals surface area contributed by atoms with E-state index in [2.05, 4.69) is 20.7 Å². The molecule has 20 heavy (non-hydrogen) atoms. The molecule has 8 nitrogen and oxygen atoms in total. The molecule has 2 aromatic heterocycles. The second kappa shape index (κ2) is 6.26. The van der Waals surface area contributed by atoms with E-state index in [1.807, 2.05) is 12.3 Å². The Morgan fingerprint density at radius 2 is 2.15 bits per heavy atom. The van der Waals surface area contributed by atoms with Crippen molar-refractivity contribution in [2.75, 3.05) is 17.3 Å². The summed E-state index contributed by atoms with van der Waals surface area (Å²) in [4.78, 5) is 18.7. The number of hydrogen-bond acceptors (Lipinski definition) is 8. The van der Waals surface area contributed by atoms with Crippen molar-refractivity contribution in [2.45, 2.75) is 13.3 Å². The van der Waals surface area contributed by atoms with Crippen LogP contribution in [0.4, 0.5) is 17.3 Å². The van der Waals surface area contributed by atoms with Crippen molar-refractivity contribution in [3.8, 4) is 0 Å². The van der Waals surface area contributed by atoms with Crippen LogP contribution in [0.1, 0.15) is 10.7 Å². The Hall–Kier alpha value is -2.26. The van der Waals surface area contributed by atoms with Gasteiger partial charge in [-0.1, -0.05) is 0 Å². The van der Waals surface area contributed by atoms with Crippen LogP contribution in [0.2, 0.25) is 0 Å². The van der Waals surface area contributed by atoms with Gasteiger partial charge in [-0.3, -0.25) is 10.1 Å². The smallest absolute Gasteiger partial charge is 0.276 e. The van der Waals surface area contributed by atoms with Gasteiger partial charge >= 0.3 is 0 Å².